The summed E-state index contributed by atoms with van der Waals surface area (Å²) in [5.41, 5.74) is 0. The SMILES string of the molecule is CCCCCCCCCCCCCCCCCCCC(=O)O[C@H](COC(=O)CCCCCCCCCCCCCCCC(C)C)COP(=O)(O)OC[C@@H](O)COP(=O)(O)OC[C@@H](COC(=O)CCCCCCCCCC)OC(=O)CCCCCCCCCCCCC(C)C. The fraction of sp³-hybridized carbons (Fsp3) is 0.947. The molecule has 0 amide bonds. The van der Waals surface area contributed by atoms with Crippen molar-refractivity contribution in [3.05, 3.63) is 0 Å². The fourth-order valence-electron chi connectivity index (χ4n) is 11.5. The third kappa shape index (κ3) is 68.6. The molecule has 3 N–H and O–H groups in total. The summed E-state index contributed by atoms with van der Waals surface area (Å²) in [7, 11) is -9.91. The molecule has 0 aliphatic heterocycles. The van der Waals surface area contributed by atoms with E-state index in [9.17, 15) is 43.2 Å². The van der Waals surface area contributed by atoms with E-state index in [1.54, 1.807) is 0 Å². The molecule has 0 fully saturated rings. The molecule has 0 bridgehead atoms. The summed E-state index contributed by atoms with van der Waals surface area (Å²) in [5.74, 6) is -0.575. The Balaban J connectivity index is 5.22. The zero-order valence-electron chi connectivity index (χ0n) is 61.3. The molecule has 0 aliphatic carbocycles. The van der Waals surface area contributed by atoms with Crippen LogP contribution in [0, 0.1) is 11.8 Å². The third-order valence-corrected chi connectivity index (χ3v) is 19.4. The van der Waals surface area contributed by atoms with Crippen molar-refractivity contribution in [2.24, 2.45) is 11.8 Å². The van der Waals surface area contributed by atoms with Gasteiger partial charge >= 0.3 is 39.5 Å². The Morgan fingerprint density at radius 3 is 0.723 bits per heavy atom. The van der Waals surface area contributed by atoms with Gasteiger partial charge in [0, 0.05) is 25.7 Å². The molecular formula is C75H146O17P2. The van der Waals surface area contributed by atoms with Crippen LogP contribution in [-0.2, 0) is 65.4 Å². The molecule has 0 aromatic rings. The van der Waals surface area contributed by atoms with E-state index in [1.807, 2.05) is 0 Å². The Morgan fingerprint density at radius 2 is 0.489 bits per heavy atom. The Hall–Kier alpha value is -1.94. The van der Waals surface area contributed by atoms with Crippen molar-refractivity contribution in [3.8, 4) is 0 Å². The van der Waals surface area contributed by atoms with Crippen LogP contribution in [0.1, 0.15) is 388 Å². The number of aliphatic hydroxyl groups is 1. The minimum absolute atomic E-state index is 0.106. The van der Waals surface area contributed by atoms with Gasteiger partial charge in [0.05, 0.1) is 26.4 Å². The maximum atomic E-state index is 13.1. The molecule has 2 unspecified atom stereocenters. The van der Waals surface area contributed by atoms with Crippen molar-refractivity contribution in [1.82, 2.24) is 0 Å². The van der Waals surface area contributed by atoms with E-state index in [2.05, 4.69) is 41.5 Å². The highest BCUT2D eigenvalue weighted by Gasteiger charge is 2.30. The van der Waals surface area contributed by atoms with E-state index < -0.39 is 97.5 Å². The lowest BCUT2D eigenvalue weighted by molar-refractivity contribution is -0.161. The van der Waals surface area contributed by atoms with Crippen LogP contribution < -0.4 is 0 Å². The van der Waals surface area contributed by atoms with Gasteiger partial charge in [-0.3, -0.25) is 37.3 Å². The van der Waals surface area contributed by atoms with Gasteiger partial charge in [0.15, 0.2) is 12.2 Å². The molecule has 94 heavy (non-hydrogen) atoms. The highest BCUT2D eigenvalue weighted by atomic mass is 31.2. The number of esters is 4. The summed E-state index contributed by atoms with van der Waals surface area (Å²) >= 11 is 0. The molecule has 5 atom stereocenters. The van der Waals surface area contributed by atoms with Crippen LogP contribution in [0.5, 0.6) is 0 Å². The van der Waals surface area contributed by atoms with Gasteiger partial charge < -0.3 is 33.8 Å². The van der Waals surface area contributed by atoms with Gasteiger partial charge in [-0.05, 0) is 37.5 Å². The molecule has 0 rings (SSSR count). The standard InChI is InChI=1S/C75H146O17P2/c1-7-9-11-13-15-17-18-19-20-21-22-25-29-35-41-47-53-59-74(79)92-71(64-86-73(78)58-52-46-40-34-28-26-23-24-27-32-37-43-49-55-67(3)4)66-90-94(83,84)88-62-69(76)61-87-93(81,82)89-65-70(63-85-72(77)57-51-45-39-16-14-12-10-8-2)91-75(80)60-54-48-42-36-31-30-33-38-44-50-56-68(5)6/h67-71,76H,7-66H2,1-6H3,(H,81,82)(H,83,84)/t69-,70+,71+/m0/s1. The number of ether oxygens (including phenoxy) is 4. The summed E-state index contributed by atoms with van der Waals surface area (Å²) in [6.07, 6.45) is 54.1. The average molecular weight is 1380 g/mol. The van der Waals surface area contributed by atoms with Crippen molar-refractivity contribution in [2.75, 3.05) is 39.6 Å². The minimum atomic E-state index is -4.96. The van der Waals surface area contributed by atoms with E-state index in [0.717, 1.165) is 108 Å². The van der Waals surface area contributed by atoms with E-state index in [1.165, 1.54) is 199 Å². The molecule has 558 valence electrons. The van der Waals surface area contributed by atoms with Crippen molar-refractivity contribution in [3.63, 3.8) is 0 Å². The highest BCUT2D eigenvalue weighted by molar-refractivity contribution is 7.47. The highest BCUT2D eigenvalue weighted by Crippen LogP contribution is 2.45. The molecule has 0 radical (unpaired) electrons. The van der Waals surface area contributed by atoms with Gasteiger partial charge in [0.2, 0.25) is 0 Å². The molecule has 0 heterocycles. The van der Waals surface area contributed by atoms with E-state index in [0.29, 0.717) is 25.7 Å². The largest absolute Gasteiger partial charge is 0.472 e. The first-order valence-corrected chi connectivity index (χ1v) is 42.0. The molecule has 0 aromatic heterocycles. The van der Waals surface area contributed by atoms with Crippen LogP contribution in [0.15, 0.2) is 0 Å². The Morgan fingerprint density at radius 1 is 0.287 bits per heavy atom. The quantitative estimate of drug-likeness (QED) is 0.0222. The van der Waals surface area contributed by atoms with Crippen LogP contribution in [0.2, 0.25) is 0 Å². The number of hydrogen-bond donors (Lipinski definition) is 3. The monoisotopic (exact) mass is 1380 g/mol. The van der Waals surface area contributed by atoms with Crippen LogP contribution >= 0.6 is 15.6 Å². The van der Waals surface area contributed by atoms with Crippen LogP contribution in [0.4, 0.5) is 0 Å². The Labute approximate surface area is 575 Å². The number of aliphatic hydroxyl groups excluding tert-OH is 1. The first-order valence-electron chi connectivity index (χ1n) is 39.0. The smallest absolute Gasteiger partial charge is 0.462 e. The van der Waals surface area contributed by atoms with Crippen molar-refractivity contribution >= 4 is 39.5 Å². The first kappa shape index (κ1) is 92.1. The van der Waals surface area contributed by atoms with Crippen molar-refractivity contribution < 1.29 is 80.2 Å². The lowest BCUT2D eigenvalue weighted by Gasteiger charge is -2.21. The molecule has 17 nitrogen and oxygen atoms in total. The second kappa shape index (κ2) is 66.9. The second-order valence-electron chi connectivity index (χ2n) is 28.0. The first-order chi connectivity index (χ1) is 45.4. The van der Waals surface area contributed by atoms with Crippen LogP contribution in [-0.4, -0.2) is 96.7 Å². The number of carbonyl (C=O) groups is 4. The van der Waals surface area contributed by atoms with Crippen molar-refractivity contribution in [1.29, 1.82) is 0 Å². The summed E-state index contributed by atoms with van der Waals surface area (Å²) in [6.45, 7) is 9.57. The van der Waals surface area contributed by atoms with Crippen LogP contribution in [0.25, 0.3) is 0 Å². The molecule has 19 heteroatoms. The van der Waals surface area contributed by atoms with Gasteiger partial charge in [0.25, 0.3) is 0 Å². The molecule has 0 saturated heterocycles. The summed E-state index contributed by atoms with van der Waals surface area (Å²) in [6, 6.07) is 0. The molecule has 0 spiro atoms. The average Bonchev–Trinajstić information content (AvgIpc) is 2.11. The predicted molar refractivity (Wildman–Crippen MR) is 381 cm³/mol. The topological polar surface area (TPSA) is 237 Å². The number of hydrogen-bond acceptors (Lipinski definition) is 15. The summed E-state index contributed by atoms with van der Waals surface area (Å²) < 4.78 is 68.4. The normalized spacial score (nSPS) is 14.0. The molecule has 0 aliphatic rings. The van der Waals surface area contributed by atoms with Gasteiger partial charge in [-0.1, -0.05) is 337 Å². The predicted octanol–water partition coefficient (Wildman–Crippen LogP) is 21.9. The van der Waals surface area contributed by atoms with Gasteiger partial charge in [-0.2, -0.15) is 0 Å². The molecule has 0 saturated carbocycles. The number of phosphoric ester groups is 2. The summed E-state index contributed by atoms with van der Waals surface area (Å²) in [4.78, 5) is 72.7. The number of phosphoric acid groups is 2. The number of carbonyl (C=O) groups excluding carboxylic acids is 4. The van der Waals surface area contributed by atoms with E-state index in [4.69, 9.17) is 37.0 Å². The maximum Gasteiger partial charge on any atom is 0.472 e. The van der Waals surface area contributed by atoms with Crippen LogP contribution in [0.3, 0.4) is 0 Å². The molecule has 0 aromatic carbocycles. The zero-order chi connectivity index (χ0) is 69.3. The van der Waals surface area contributed by atoms with E-state index in [-0.39, 0.29) is 25.7 Å². The zero-order valence-corrected chi connectivity index (χ0v) is 63.1. The lowest BCUT2D eigenvalue weighted by Crippen LogP contribution is -2.30. The van der Waals surface area contributed by atoms with Gasteiger partial charge in [-0.15, -0.1) is 0 Å². The van der Waals surface area contributed by atoms with E-state index >= 15 is 0 Å². The maximum absolute atomic E-state index is 13.1. The number of unbranched alkanes of at least 4 members (excludes halogenated alkanes) is 44. The summed E-state index contributed by atoms with van der Waals surface area (Å²) in [5, 5.41) is 10.6. The Kier molecular flexibility index (Phi) is 65.5. The number of rotatable bonds is 74. The fourth-order valence-corrected chi connectivity index (χ4v) is 13.1. The second-order valence-corrected chi connectivity index (χ2v) is 30.9. The third-order valence-electron chi connectivity index (χ3n) is 17.5. The van der Waals surface area contributed by atoms with Gasteiger partial charge in [0.1, 0.15) is 19.3 Å². The van der Waals surface area contributed by atoms with Crippen molar-refractivity contribution in [2.45, 2.75) is 407 Å². The Bertz CT molecular complexity index is 1820. The lowest BCUT2D eigenvalue weighted by atomic mass is 10.0. The molecular weight excluding hydrogens is 1230 g/mol. The van der Waals surface area contributed by atoms with Gasteiger partial charge in [-0.25, -0.2) is 9.13 Å². The minimum Gasteiger partial charge on any atom is -0.462 e.